The summed E-state index contributed by atoms with van der Waals surface area (Å²) >= 11 is 1.63. The van der Waals surface area contributed by atoms with Crippen LogP contribution < -0.4 is 26.2 Å². The molecule has 2 aromatic carbocycles. The fourth-order valence-corrected chi connectivity index (χ4v) is 11.4. The molecule has 4 aliphatic rings. The van der Waals surface area contributed by atoms with Crippen molar-refractivity contribution in [3.63, 3.8) is 0 Å². The van der Waals surface area contributed by atoms with E-state index in [1.54, 1.807) is 68.0 Å². The maximum atomic E-state index is 14.5. The van der Waals surface area contributed by atoms with Gasteiger partial charge >= 0.3 is 6.09 Å². The number of hydrogen-bond acceptors (Lipinski definition) is 13. The number of rotatable bonds is 21. The van der Waals surface area contributed by atoms with E-state index in [4.69, 9.17) is 9.72 Å². The van der Waals surface area contributed by atoms with Crippen molar-refractivity contribution in [2.24, 2.45) is 24.8 Å². The van der Waals surface area contributed by atoms with Gasteiger partial charge in [0.1, 0.15) is 42.5 Å². The number of likely N-dealkylation sites (tertiary alicyclic amines) is 1. The lowest BCUT2D eigenvalue weighted by Crippen LogP contribution is -2.53. The molecule has 0 spiro atoms. The molecular formula is C55H69N11O8S. The molecule has 2 fully saturated rings. The van der Waals surface area contributed by atoms with Crippen molar-refractivity contribution in [3.05, 3.63) is 101 Å². The van der Waals surface area contributed by atoms with Gasteiger partial charge in [0.2, 0.25) is 17.7 Å². The van der Waals surface area contributed by atoms with Gasteiger partial charge in [0.25, 0.3) is 17.7 Å². The van der Waals surface area contributed by atoms with Gasteiger partial charge in [0.05, 0.1) is 12.0 Å². The van der Waals surface area contributed by atoms with Crippen LogP contribution in [0.3, 0.4) is 0 Å². The van der Waals surface area contributed by atoms with E-state index in [0.29, 0.717) is 60.3 Å². The Hall–Kier alpha value is -6.93. The van der Waals surface area contributed by atoms with Crippen molar-refractivity contribution < 1.29 is 38.3 Å². The Bertz CT molecular complexity index is 2830. The molecule has 7 amide bonds. The number of imide groups is 1. The number of carbonyl (C=O) groups excluding carboxylic acids is 7. The minimum Gasteiger partial charge on any atom is -0.444 e. The molecule has 3 aliphatic heterocycles. The average Bonchev–Trinajstić information content (AvgIpc) is 4.05. The van der Waals surface area contributed by atoms with Crippen LogP contribution in [0.1, 0.15) is 124 Å². The van der Waals surface area contributed by atoms with Crippen LogP contribution in [0.25, 0.3) is 0 Å². The number of aromatic nitrogens is 4. The molecule has 20 heteroatoms. The number of anilines is 3. The van der Waals surface area contributed by atoms with Crippen LogP contribution in [0.2, 0.25) is 0 Å². The molecule has 19 nitrogen and oxygen atoms in total. The predicted octanol–water partition coefficient (Wildman–Crippen LogP) is 6.86. The van der Waals surface area contributed by atoms with E-state index in [1.165, 1.54) is 25.0 Å². The smallest absolute Gasteiger partial charge is 0.413 e. The fraction of sp³-hybridized carbons (Fsp3) is 0.491. The van der Waals surface area contributed by atoms with Crippen LogP contribution in [0, 0.1) is 17.8 Å². The standard InChI is InChI=1S/C55H69N11O8S/c1-33(2)49(61-46(67)13-9-8-10-21-65-47(68)18-19-48(65)69)51(71)57-36(5)50(70)58-40-16-14-37(15-17-40)31-74-54(73)60-44-24-39(55(26-35(4)27-55)53-62-56-32-63(53)6)25-45(59-44)66-30-42-41(52(66)72)22-38(23-43(42)75-7)29-64-20-11-12-34(3)28-64/h14-19,22-25,32-36,49H,8-13,20-21,26-31H2,1-7H3,(H,57,71)(H,58,70)(H,61,67)(H,59,60,73)/t34-,35?,36-,49-,55?/m0/s1. The lowest BCUT2D eigenvalue weighted by atomic mass is 9.58. The first-order valence-corrected chi connectivity index (χ1v) is 27.2. The largest absolute Gasteiger partial charge is 0.444 e. The van der Waals surface area contributed by atoms with Gasteiger partial charge in [-0.3, -0.25) is 48.8 Å². The minimum absolute atomic E-state index is 0.101. The van der Waals surface area contributed by atoms with Gasteiger partial charge in [0, 0.05) is 61.4 Å². The lowest BCUT2D eigenvalue weighted by molar-refractivity contribution is -0.137. The first kappa shape index (κ1) is 54.3. The third-order valence-electron chi connectivity index (χ3n) is 14.6. The normalized spacial score (nSPS) is 20.2. The summed E-state index contributed by atoms with van der Waals surface area (Å²) in [4.78, 5) is 102. The maximum absolute atomic E-state index is 14.5. The van der Waals surface area contributed by atoms with Crippen LogP contribution in [-0.4, -0.2) is 109 Å². The van der Waals surface area contributed by atoms with E-state index < -0.39 is 35.4 Å². The second-order valence-electron chi connectivity index (χ2n) is 21.0. The van der Waals surface area contributed by atoms with Crippen molar-refractivity contribution in [3.8, 4) is 0 Å². The number of aryl methyl sites for hydroxylation is 1. The van der Waals surface area contributed by atoms with Gasteiger partial charge in [-0.25, -0.2) is 9.78 Å². The molecule has 1 saturated heterocycles. The molecule has 75 heavy (non-hydrogen) atoms. The topological polar surface area (TPSA) is 230 Å². The average molecular weight is 1040 g/mol. The second-order valence-corrected chi connectivity index (χ2v) is 21.9. The Morgan fingerprint density at radius 2 is 1.63 bits per heavy atom. The number of amides is 7. The van der Waals surface area contributed by atoms with Gasteiger partial charge < -0.3 is 25.3 Å². The molecule has 2 aromatic heterocycles. The number of piperidine rings is 1. The zero-order valence-electron chi connectivity index (χ0n) is 43.9. The third-order valence-corrected chi connectivity index (χ3v) is 15.4. The summed E-state index contributed by atoms with van der Waals surface area (Å²) in [6.45, 7) is 13.0. The monoisotopic (exact) mass is 1040 g/mol. The van der Waals surface area contributed by atoms with Crippen molar-refractivity contribution in [1.82, 2.24) is 40.2 Å². The highest BCUT2D eigenvalue weighted by atomic mass is 32.2. The fourth-order valence-electron chi connectivity index (χ4n) is 10.7. The molecule has 1 saturated carbocycles. The number of thioether (sulfide) groups is 1. The number of carbonyl (C=O) groups is 7. The Morgan fingerprint density at radius 1 is 0.880 bits per heavy atom. The predicted molar refractivity (Wildman–Crippen MR) is 284 cm³/mol. The number of benzene rings is 2. The molecule has 0 radical (unpaired) electrons. The molecule has 3 atom stereocenters. The number of nitrogens with zero attached hydrogens (tertiary/aromatic N) is 7. The Labute approximate surface area is 442 Å². The number of ether oxygens (including phenoxy) is 1. The van der Waals surface area contributed by atoms with Crippen molar-refractivity contribution in [1.29, 1.82) is 0 Å². The number of nitrogens with one attached hydrogen (secondary N) is 4. The van der Waals surface area contributed by atoms with Crippen molar-refractivity contribution in [2.75, 3.05) is 41.4 Å². The SMILES string of the molecule is CSc1cc(CN2CCC[C@H](C)C2)cc2c1CN(c1cc(C3(c4nncn4C)CC(C)C3)cc(NC(=O)OCc3ccc(NC(=O)[C@H](C)NC(=O)[C@@H](NC(=O)CCCCCN4C(=O)C=CC4=O)C(C)C)cc3)n1)C2=O. The number of pyridine rings is 1. The van der Waals surface area contributed by atoms with Crippen molar-refractivity contribution >= 4 is 70.6 Å². The van der Waals surface area contributed by atoms with Crippen molar-refractivity contribution in [2.45, 2.75) is 128 Å². The van der Waals surface area contributed by atoms with E-state index in [2.05, 4.69) is 56.3 Å². The highest BCUT2D eigenvalue weighted by Gasteiger charge is 2.49. The molecule has 0 bridgehead atoms. The van der Waals surface area contributed by atoms with E-state index in [1.807, 2.05) is 36.1 Å². The molecule has 4 aromatic rings. The van der Waals surface area contributed by atoms with Crippen LogP contribution >= 0.6 is 11.8 Å². The Balaban J connectivity index is 0.874. The summed E-state index contributed by atoms with van der Waals surface area (Å²) in [5, 5.41) is 19.9. The molecule has 4 N–H and O–H groups in total. The molecule has 0 unspecified atom stereocenters. The van der Waals surface area contributed by atoms with E-state index in [9.17, 15) is 33.6 Å². The second kappa shape index (κ2) is 23.7. The van der Waals surface area contributed by atoms with Gasteiger partial charge in [-0.15, -0.1) is 22.0 Å². The number of unbranched alkanes of at least 4 members (excludes halogenated alkanes) is 2. The van der Waals surface area contributed by atoms with Gasteiger partial charge in [-0.1, -0.05) is 46.2 Å². The maximum Gasteiger partial charge on any atom is 0.413 e. The van der Waals surface area contributed by atoms with E-state index in [-0.39, 0.29) is 54.9 Å². The molecule has 398 valence electrons. The quantitative estimate of drug-likeness (QED) is 0.0380. The third kappa shape index (κ3) is 12.8. The number of hydrogen-bond donors (Lipinski definition) is 4. The molecule has 1 aliphatic carbocycles. The summed E-state index contributed by atoms with van der Waals surface area (Å²) in [5.74, 6) is 0.0774. The minimum atomic E-state index is -0.943. The first-order valence-electron chi connectivity index (χ1n) is 26.0. The Kier molecular flexibility index (Phi) is 17.2. The summed E-state index contributed by atoms with van der Waals surface area (Å²) in [5.41, 5.74) is 4.16. The van der Waals surface area contributed by atoms with E-state index >= 15 is 0 Å². The molecule has 5 heterocycles. The first-order chi connectivity index (χ1) is 35.9. The van der Waals surface area contributed by atoms with Gasteiger partial charge in [0.15, 0.2) is 0 Å². The van der Waals surface area contributed by atoms with Gasteiger partial charge in [-0.2, -0.15) is 0 Å². The summed E-state index contributed by atoms with van der Waals surface area (Å²) in [7, 11) is 1.92. The number of fused-ring (bicyclic) bond motifs is 1. The van der Waals surface area contributed by atoms with E-state index in [0.717, 1.165) is 64.8 Å². The summed E-state index contributed by atoms with van der Waals surface area (Å²) in [6.07, 6.45) is 11.3. The Morgan fingerprint density at radius 3 is 2.29 bits per heavy atom. The lowest BCUT2D eigenvalue weighted by Gasteiger charge is -2.46. The van der Waals surface area contributed by atoms with Crippen LogP contribution in [0.15, 0.2) is 71.9 Å². The molecular weight excluding hydrogens is 975 g/mol. The zero-order chi connectivity index (χ0) is 53.6. The highest BCUT2D eigenvalue weighted by Crippen LogP contribution is 2.52. The zero-order valence-corrected chi connectivity index (χ0v) is 44.8. The molecule has 8 rings (SSSR count). The van der Waals surface area contributed by atoms with Crippen LogP contribution in [0.4, 0.5) is 22.1 Å². The van der Waals surface area contributed by atoms with Crippen LogP contribution in [-0.2, 0) is 60.9 Å². The van der Waals surface area contributed by atoms with Crippen LogP contribution in [0.5, 0.6) is 0 Å². The summed E-state index contributed by atoms with van der Waals surface area (Å²) in [6, 6.07) is 12.9. The van der Waals surface area contributed by atoms with Gasteiger partial charge in [-0.05, 0) is 135 Å². The summed E-state index contributed by atoms with van der Waals surface area (Å²) < 4.78 is 7.61. The highest BCUT2D eigenvalue weighted by molar-refractivity contribution is 7.98.